The highest BCUT2D eigenvalue weighted by atomic mass is 19.1. The standard InChI is InChI=1S/C11H11FN2O2/c1-11(2,12)9-8-6(10(15)16)4-3-5-7(8)13-14-9/h3-5H,1-2H3,(H,13,14)(H,15,16). The summed E-state index contributed by atoms with van der Waals surface area (Å²) in [5, 5.41) is 15.8. The van der Waals surface area contributed by atoms with E-state index in [1.807, 2.05) is 0 Å². The molecule has 1 heterocycles. The van der Waals surface area contributed by atoms with Crippen molar-refractivity contribution in [1.82, 2.24) is 10.2 Å². The lowest BCUT2D eigenvalue weighted by atomic mass is 9.99. The van der Waals surface area contributed by atoms with Crippen LogP contribution in [0.15, 0.2) is 18.2 Å². The van der Waals surface area contributed by atoms with Gasteiger partial charge in [-0.3, -0.25) is 5.10 Å². The Morgan fingerprint density at radius 1 is 1.50 bits per heavy atom. The minimum absolute atomic E-state index is 0.0620. The Kier molecular flexibility index (Phi) is 2.18. The second-order valence-corrected chi connectivity index (χ2v) is 4.08. The van der Waals surface area contributed by atoms with Gasteiger partial charge in [0.2, 0.25) is 0 Å². The fourth-order valence-electron chi connectivity index (χ4n) is 1.68. The number of H-pyrrole nitrogens is 1. The summed E-state index contributed by atoms with van der Waals surface area (Å²) >= 11 is 0. The molecule has 0 spiro atoms. The molecule has 0 aliphatic heterocycles. The topological polar surface area (TPSA) is 66.0 Å². The van der Waals surface area contributed by atoms with Gasteiger partial charge in [0.15, 0.2) is 0 Å². The van der Waals surface area contributed by atoms with E-state index < -0.39 is 11.6 Å². The SMILES string of the molecule is CC(C)(F)c1[nH]nc2cccc(C(=O)O)c12. The number of alkyl halides is 1. The summed E-state index contributed by atoms with van der Waals surface area (Å²) in [5.74, 6) is -1.09. The molecule has 0 saturated carbocycles. The summed E-state index contributed by atoms with van der Waals surface area (Å²) in [7, 11) is 0. The van der Waals surface area contributed by atoms with Gasteiger partial charge in [-0.2, -0.15) is 5.10 Å². The van der Waals surface area contributed by atoms with Crippen molar-refractivity contribution in [3.05, 3.63) is 29.5 Å². The molecule has 0 atom stereocenters. The molecule has 0 saturated heterocycles. The summed E-state index contributed by atoms with van der Waals surface area (Å²) in [6.45, 7) is 2.72. The maximum atomic E-state index is 13.9. The van der Waals surface area contributed by atoms with Crippen LogP contribution in [0.3, 0.4) is 0 Å². The zero-order chi connectivity index (χ0) is 11.9. The number of rotatable bonds is 2. The molecule has 0 unspecified atom stereocenters. The number of nitrogens with zero attached hydrogens (tertiary/aromatic N) is 1. The van der Waals surface area contributed by atoms with E-state index in [0.29, 0.717) is 10.9 Å². The first-order chi connectivity index (χ1) is 7.41. The second kappa shape index (κ2) is 3.30. The van der Waals surface area contributed by atoms with Crippen LogP contribution in [0.1, 0.15) is 29.9 Å². The summed E-state index contributed by atoms with van der Waals surface area (Å²) in [6.07, 6.45) is 0. The van der Waals surface area contributed by atoms with E-state index >= 15 is 0 Å². The molecule has 0 bridgehead atoms. The number of nitrogens with one attached hydrogen (secondary N) is 1. The van der Waals surface area contributed by atoms with Gasteiger partial charge in [-0.05, 0) is 26.0 Å². The molecule has 2 aromatic rings. The van der Waals surface area contributed by atoms with Gasteiger partial charge < -0.3 is 5.11 Å². The molecular formula is C11H11FN2O2. The average molecular weight is 222 g/mol. The number of fused-ring (bicyclic) bond motifs is 1. The van der Waals surface area contributed by atoms with E-state index in [-0.39, 0.29) is 11.3 Å². The number of halogens is 1. The number of aromatic nitrogens is 2. The molecule has 0 aliphatic carbocycles. The third-order valence-corrected chi connectivity index (χ3v) is 2.41. The Morgan fingerprint density at radius 3 is 2.75 bits per heavy atom. The molecule has 5 heteroatoms. The predicted octanol–water partition coefficient (Wildman–Crippen LogP) is 2.47. The van der Waals surface area contributed by atoms with Crippen LogP contribution >= 0.6 is 0 Å². The van der Waals surface area contributed by atoms with Crippen molar-refractivity contribution in [3.63, 3.8) is 0 Å². The lowest BCUT2D eigenvalue weighted by molar-refractivity contribution is 0.0699. The molecule has 0 radical (unpaired) electrons. The summed E-state index contributed by atoms with van der Waals surface area (Å²) < 4.78 is 13.9. The van der Waals surface area contributed by atoms with Crippen molar-refractivity contribution in [2.24, 2.45) is 0 Å². The van der Waals surface area contributed by atoms with Crippen molar-refractivity contribution in [1.29, 1.82) is 0 Å². The lowest BCUT2D eigenvalue weighted by Gasteiger charge is -2.12. The minimum atomic E-state index is -1.65. The van der Waals surface area contributed by atoms with E-state index in [1.165, 1.54) is 19.9 Å². The first-order valence-electron chi connectivity index (χ1n) is 4.81. The Morgan fingerprint density at radius 2 is 2.19 bits per heavy atom. The first-order valence-corrected chi connectivity index (χ1v) is 4.81. The molecule has 4 nitrogen and oxygen atoms in total. The number of benzene rings is 1. The number of hydrogen-bond donors (Lipinski definition) is 2. The van der Waals surface area contributed by atoms with Gasteiger partial charge in [0.05, 0.1) is 16.8 Å². The maximum absolute atomic E-state index is 13.9. The van der Waals surface area contributed by atoms with Gasteiger partial charge in [-0.15, -0.1) is 0 Å². The lowest BCUT2D eigenvalue weighted by Crippen LogP contribution is -2.11. The zero-order valence-corrected chi connectivity index (χ0v) is 8.91. The number of aromatic amines is 1. The Bertz CT molecular complexity index is 555. The number of hydrogen-bond acceptors (Lipinski definition) is 2. The van der Waals surface area contributed by atoms with Crippen LogP contribution in [0.25, 0.3) is 10.9 Å². The van der Waals surface area contributed by atoms with Crippen LogP contribution in [0.5, 0.6) is 0 Å². The molecule has 0 aliphatic rings. The second-order valence-electron chi connectivity index (χ2n) is 4.08. The van der Waals surface area contributed by atoms with Crippen molar-refractivity contribution in [3.8, 4) is 0 Å². The third kappa shape index (κ3) is 1.54. The van der Waals surface area contributed by atoms with Crippen LogP contribution in [-0.2, 0) is 5.67 Å². The smallest absolute Gasteiger partial charge is 0.336 e. The molecule has 1 aromatic heterocycles. The largest absolute Gasteiger partial charge is 0.478 e. The van der Waals surface area contributed by atoms with Gasteiger partial charge in [0.1, 0.15) is 5.67 Å². The quantitative estimate of drug-likeness (QED) is 0.820. The van der Waals surface area contributed by atoms with Crippen molar-refractivity contribution < 1.29 is 14.3 Å². The highest BCUT2D eigenvalue weighted by molar-refractivity contribution is 6.03. The zero-order valence-electron chi connectivity index (χ0n) is 8.91. The normalized spacial score (nSPS) is 11.9. The van der Waals surface area contributed by atoms with Crippen molar-refractivity contribution in [2.45, 2.75) is 19.5 Å². The highest BCUT2D eigenvalue weighted by Crippen LogP contribution is 2.31. The van der Waals surface area contributed by atoms with E-state index in [4.69, 9.17) is 5.11 Å². The van der Waals surface area contributed by atoms with E-state index in [2.05, 4.69) is 10.2 Å². The van der Waals surface area contributed by atoms with Gasteiger partial charge in [-0.25, -0.2) is 9.18 Å². The van der Waals surface area contributed by atoms with E-state index in [1.54, 1.807) is 12.1 Å². The van der Waals surface area contributed by atoms with Gasteiger partial charge in [0.25, 0.3) is 0 Å². The van der Waals surface area contributed by atoms with E-state index in [0.717, 1.165) is 0 Å². The molecule has 1 aromatic carbocycles. The monoisotopic (exact) mass is 222 g/mol. The maximum Gasteiger partial charge on any atom is 0.336 e. The van der Waals surface area contributed by atoms with Crippen molar-refractivity contribution >= 4 is 16.9 Å². The molecule has 16 heavy (non-hydrogen) atoms. The average Bonchev–Trinajstić information content (AvgIpc) is 2.59. The number of carboxylic acids is 1. The fourth-order valence-corrected chi connectivity index (χ4v) is 1.68. The van der Waals surface area contributed by atoms with Gasteiger partial charge >= 0.3 is 5.97 Å². The Balaban J connectivity index is 2.83. The van der Waals surface area contributed by atoms with Crippen LogP contribution in [0.4, 0.5) is 4.39 Å². The number of carboxylic acid groups (broad SMARTS) is 1. The minimum Gasteiger partial charge on any atom is -0.478 e. The van der Waals surface area contributed by atoms with E-state index in [9.17, 15) is 9.18 Å². The number of aromatic carboxylic acids is 1. The molecule has 2 rings (SSSR count). The summed E-state index contributed by atoms with van der Waals surface area (Å²) in [6, 6.07) is 4.67. The molecular weight excluding hydrogens is 211 g/mol. The van der Waals surface area contributed by atoms with Crippen LogP contribution in [0.2, 0.25) is 0 Å². The summed E-state index contributed by atoms with van der Waals surface area (Å²) in [4.78, 5) is 11.0. The molecule has 0 amide bonds. The van der Waals surface area contributed by atoms with Crippen molar-refractivity contribution in [2.75, 3.05) is 0 Å². The Labute approximate surface area is 91.1 Å². The van der Waals surface area contributed by atoms with Crippen LogP contribution < -0.4 is 0 Å². The first kappa shape index (κ1) is 10.6. The van der Waals surface area contributed by atoms with Gasteiger partial charge in [-0.1, -0.05) is 6.07 Å². The fraction of sp³-hybridized carbons (Fsp3) is 0.273. The number of carbonyl (C=O) groups is 1. The van der Waals surface area contributed by atoms with Gasteiger partial charge in [0, 0.05) is 5.39 Å². The molecule has 0 fully saturated rings. The predicted molar refractivity (Wildman–Crippen MR) is 57.2 cm³/mol. The van der Waals surface area contributed by atoms with Crippen LogP contribution in [-0.4, -0.2) is 21.3 Å². The third-order valence-electron chi connectivity index (χ3n) is 2.41. The Hall–Kier alpha value is -1.91. The highest BCUT2D eigenvalue weighted by Gasteiger charge is 2.26. The molecule has 84 valence electrons. The molecule has 2 N–H and O–H groups in total. The van der Waals surface area contributed by atoms with Crippen LogP contribution in [0, 0.1) is 0 Å². The summed E-state index contributed by atoms with van der Waals surface area (Å²) in [5.41, 5.74) is -0.937.